The third-order valence-electron chi connectivity index (χ3n) is 5.67. The van der Waals surface area contributed by atoms with Crippen LogP contribution in [0.5, 0.6) is 5.75 Å². The van der Waals surface area contributed by atoms with Gasteiger partial charge in [0, 0.05) is 35.6 Å². The molecular weight excluding hydrogens is 432 g/mol. The Morgan fingerprint density at radius 1 is 1.31 bits per heavy atom. The summed E-state index contributed by atoms with van der Waals surface area (Å²) in [5.74, 6) is 1.93. The van der Waals surface area contributed by atoms with Crippen LogP contribution >= 0.6 is 11.6 Å². The molecule has 3 heterocycles. The Morgan fingerprint density at radius 2 is 2.06 bits per heavy atom. The predicted molar refractivity (Wildman–Crippen MR) is 122 cm³/mol. The Bertz CT molecular complexity index is 1100. The van der Waals surface area contributed by atoms with Crippen LogP contribution < -0.4 is 15.0 Å². The molecule has 1 amide bonds. The highest BCUT2D eigenvalue weighted by atomic mass is 35.5. The quantitative estimate of drug-likeness (QED) is 0.582. The van der Waals surface area contributed by atoms with E-state index >= 15 is 0 Å². The Labute approximate surface area is 191 Å². The van der Waals surface area contributed by atoms with E-state index in [1.165, 1.54) is 0 Å². The number of imidazole rings is 1. The summed E-state index contributed by atoms with van der Waals surface area (Å²) in [6, 6.07) is 5.35. The molecule has 0 saturated carbocycles. The van der Waals surface area contributed by atoms with Crippen molar-refractivity contribution in [1.82, 2.24) is 30.2 Å². The summed E-state index contributed by atoms with van der Waals surface area (Å²) >= 11 is 6.19. The fourth-order valence-electron chi connectivity index (χ4n) is 3.91. The molecule has 1 aliphatic rings. The number of nitrogens with zero attached hydrogens (tertiary/aromatic N) is 6. The van der Waals surface area contributed by atoms with E-state index in [4.69, 9.17) is 16.3 Å². The molecule has 0 unspecified atom stereocenters. The van der Waals surface area contributed by atoms with Crippen molar-refractivity contribution >= 4 is 29.4 Å². The van der Waals surface area contributed by atoms with E-state index in [1.807, 2.05) is 20.8 Å². The number of rotatable bonds is 6. The number of nitrogens with one attached hydrogen (secondary N) is 2. The number of carbonyl (C=O) groups excluding carboxylic acids is 1. The highest BCUT2D eigenvalue weighted by Crippen LogP contribution is 2.33. The van der Waals surface area contributed by atoms with Crippen molar-refractivity contribution in [1.29, 1.82) is 0 Å². The molecule has 3 aromatic rings. The summed E-state index contributed by atoms with van der Waals surface area (Å²) in [5, 5.41) is 15.7. The van der Waals surface area contributed by atoms with Crippen molar-refractivity contribution in [2.24, 2.45) is 5.92 Å². The molecule has 1 fully saturated rings. The fraction of sp³-hybridized carbons (Fsp3) is 0.476. The van der Waals surface area contributed by atoms with E-state index < -0.39 is 0 Å². The van der Waals surface area contributed by atoms with Gasteiger partial charge in [0.05, 0.1) is 12.8 Å². The molecule has 0 bridgehead atoms. The number of H-pyrrole nitrogens is 1. The number of aryl methyl sites for hydroxylation is 1. The van der Waals surface area contributed by atoms with Gasteiger partial charge in [-0.05, 0) is 48.4 Å². The SMILES string of the molecule is COc1ccc(Cl)cc1-n1nnnc1N1CCC(c2nc(NC(=O)C(C)C)[nH]c2C)CC1. The van der Waals surface area contributed by atoms with E-state index in [-0.39, 0.29) is 17.7 Å². The Hall–Kier alpha value is -3.14. The lowest BCUT2D eigenvalue weighted by Gasteiger charge is -2.31. The van der Waals surface area contributed by atoms with E-state index in [0.29, 0.717) is 28.4 Å². The largest absolute Gasteiger partial charge is 0.494 e. The molecule has 32 heavy (non-hydrogen) atoms. The van der Waals surface area contributed by atoms with Crippen molar-refractivity contribution in [3.63, 3.8) is 0 Å². The molecule has 0 aliphatic carbocycles. The van der Waals surface area contributed by atoms with Crippen molar-refractivity contribution in [2.45, 2.75) is 39.5 Å². The monoisotopic (exact) mass is 458 g/mol. The molecule has 2 aromatic heterocycles. The van der Waals surface area contributed by atoms with E-state index in [0.717, 1.165) is 37.3 Å². The molecule has 4 rings (SSSR count). The van der Waals surface area contributed by atoms with Gasteiger partial charge in [-0.1, -0.05) is 30.5 Å². The van der Waals surface area contributed by atoms with E-state index in [1.54, 1.807) is 30.0 Å². The summed E-state index contributed by atoms with van der Waals surface area (Å²) < 4.78 is 7.12. The first-order valence-electron chi connectivity index (χ1n) is 10.6. The summed E-state index contributed by atoms with van der Waals surface area (Å²) in [6.45, 7) is 7.25. The number of hydrogen-bond acceptors (Lipinski definition) is 7. The van der Waals surface area contributed by atoms with Crippen LogP contribution in [0.4, 0.5) is 11.9 Å². The third kappa shape index (κ3) is 4.40. The number of halogens is 1. The molecular formula is C21H27ClN8O2. The zero-order valence-corrected chi connectivity index (χ0v) is 19.3. The molecule has 0 atom stereocenters. The predicted octanol–water partition coefficient (Wildman–Crippen LogP) is 3.33. The maximum Gasteiger partial charge on any atom is 0.250 e. The first-order valence-corrected chi connectivity index (χ1v) is 11.0. The van der Waals surface area contributed by atoms with Crippen LogP contribution in [-0.4, -0.2) is 56.3 Å². The van der Waals surface area contributed by atoms with Gasteiger partial charge in [0.25, 0.3) is 0 Å². The van der Waals surface area contributed by atoms with Crippen molar-refractivity contribution in [3.05, 3.63) is 34.6 Å². The number of amides is 1. The highest BCUT2D eigenvalue weighted by Gasteiger charge is 2.28. The number of tetrazole rings is 1. The van der Waals surface area contributed by atoms with Gasteiger partial charge in [-0.3, -0.25) is 10.1 Å². The molecule has 1 saturated heterocycles. The number of hydrogen-bond donors (Lipinski definition) is 2. The summed E-state index contributed by atoms with van der Waals surface area (Å²) in [7, 11) is 1.60. The number of aromatic nitrogens is 6. The van der Waals surface area contributed by atoms with Crippen molar-refractivity contribution in [2.75, 3.05) is 30.4 Å². The number of ether oxygens (including phenoxy) is 1. The number of benzene rings is 1. The number of anilines is 2. The fourth-order valence-corrected chi connectivity index (χ4v) is 4.08. The smallest absolute Gasteiger partial charge is 0.250 e. The summed E-state index contributed by atoms with van der Waals surface area (Å²) in [4.78, 5) is 22.0. The van der Waals surface area contributed by atoms with Crippen LogP contribution in [0.2, 0.25) is 5.02 Å². The van der Waals surface area contributed by atoms with Crippen LogP contribution in [-0.2, 0) is 4.79 Å². The Kier molecular flexibility index (Phi) is 6.31. The third-order valence-corrected chi connectivity index (χ3v) is 5.91. The lowest BCUT2D eigenvalue weighted by molar-refractivity contribution is -0.118. The average molecular weight is 459 g/mol. The minimum absolute atomic E-state index is 0.0524. The van der Waals surface area contributed by atoms with Gasteiger partial charge in [-0.25, -0.2) is 4.98 Å². The Balaban J connectivity index is 1.48. The zero-order chi connectivity index (χ0) is 22.8. The summed E-state index contributed by atoms with van der Waals surface area (Å²) in [6.07, 6.45) is 1.78. The highest BCUT2D eigenvalue weighted by molar-refractivity contribution is 6.30. The van der Waals surface area contributed by atoms with Crippen molar-refractivity contribution in [3.8, 4) is 11.4 Å². The average Bonchev–Trinajstić information content (AvgIpc) is 3.40. The van der Waals surface area contributed by atoms with Crippen LogP contribution in [0.3, 0.4) is 0 Å². The van der Waals surface area contributed by atoms with Crippen LogP contribution in [0, 0.1) is 12.8 Å². The van der Waals surface area contributed by atoms with E-state index in [9.17, 15) is 4.79 Å². The number of methoxy groups -OCH3 is 1. The summed E-state index contributed by atoms with van der Waals surface area (Å²) in [5.41, 5.74) is 2.67. The van der Waals surface area contributed by atoms with Gasteiger partial charge in [-0.2, -0.15) is 4.68 Å². The van der Waals surface area contributed by atoms with E-state index in [2.05, 4.69) is 35.7 Å². The number of aromatic amines is 1. The van der Waals surface area contributed by atoms with Crippen LogP contribution in [0.25, 0.3) is 5.69 Å². The molecule has 0 radical (unpaired) electrons. The Morgan fingerprint density at radius 3 is 2.75 bits per heavy atom. The molecule has 2 N–H and O–H groups in total. The first-order chi connectivity index (χ1) is 15.4. The lowest BCUT2D eigenvalue weighted by atomic mass is 9.93. The van der Waals surface area contributed by atoms with Gasteiger partial charge < -0.3 is 14.6 Å². The van der Waals surface area contributed by atoms with Crippen molar-refractivity contribution < 1.29 is 9.53 Å². The molecule has 11 heteroatoms. The molecule has 1 aromatic carbocycles. The van der Waals surface area contributed by atoms with Gasteiger partial charge in [0.15, 0.2) is 0 Å². The first kappa shape index (κ1) is 22.1. The lowest BCUT2D eigenvalue weighted by Crippen LogP contribution is -2.35. The van der Waals surface area contributed by atoms with Gasteiger partial charge >= 0.3 is 0 Å². The second-order valence-corrected chi connectivity index (χ2v) is 8.64. The van der Waals surface area contributed by atoms with Crippen LogP contribution in [0.15, 0.2) is 18.2 Å². The minimum atomic E-state index is -0.101. The van der Waals surface area contributed by atoms with Crippen LogP contribution in [0.1, 0.15) is 44.0 Å². The number of piperidine rings is 1. The van der Waals surface area contributed by atoms with Gasteiger partial charge in [-0.15, -0.1) is 0 Å². The zero-order valence-electron chi connectivity index (χ0n) is 18.6. The topological polar surface area (TPSA) is 114 Å². The molecule has 170 valence electrons. The maximum absolute atomic E-state index is 12.0. The minimum Gasteiger partial charge on any atom is -0.494 e. The normalized spacial score (nSPS) is 14.8. The molecule has 10 nitrogen and oxygen atoms in total. The second-order valence-electron chi connectivity index (χ2n) is 8.21. The number of carbonyl (C=O) groups is 1. The second kappa shape index (κ2) is 9.15. The molecule has 1 aliphatic heterocycles. The maximum atomic E-state index is 12.0. The van der Waals surface area contributed by atoms with Gasteiger partial charge in [0.1, 0.15) is 11.4 Å². The standard InChI is InChI=1S/C21H27ClN8O2/c1-12(2)19(31)25-20-23-13(3)18(24-20)14-7-9-29(10-8-14)21-26-27-28-30(21)16-11-15(22)5-6-17(16)32-4/h5-6,11-12,14H,7-10H2,1-4H3,(H2,23,24,25,31). The molecule has 0 spiro atoms. The van der Waals surface area contributed by atoms with Gasteiger partial charge in [0.2, 0.25) is 17.8 Å².